The summed E-state index contributed by atoms with van der Waals surface area (Å²) >= 11 is 0. The summed E-state index contributed by atoms with van der Waals surface area (Å²) in [6.07, 6.45) is 3.99. The van der Waals surface area contributed by atoms with E-state index in [1.54, 1.807) is 0 Å². The van der Waals surface area contributed by atoms with Crippen LogP contribution in [0.25, 0.3) is 0 Å². The molecule has 0 saturated carbocycles. The van der Waals surface area contributed by atoms with Crippen molar-refractivity contribution in [3.05, 3.63) is 35.4 Å². The molecule has 1 aromatic carbocycles. The average Bonchev–Trinajstić information content (AvgIpc) is 2.70. The van der Waals surface area contributed by atoms with Crippen molar-refractivity contribution in [2.75, 3.05) is 6.54 Å². The number of hydrogen-bond donors (Lipinski definition) is 1. The van der Waals surface area contributed by atoms with E-state index in [2.05, 4.69) is 43.4 Å². The van der Waals surface area contributed by atoms with E-state index in [9.17, 15) is 0 Å². The molecule has 0 radical (unpaired) electrons. The van der Waals surface area contributed by atoms with E-state index in [1.807, 2.05) is 0 Å². The quantitative estimate of drug-likeness (QED) is 0.795. The summed E-state index contributed by atoms with van der Waals surface area (Å²) in [5, 5.41) is 3.57. The largest absolute Gasteiger partial charge is 0.314 e. The first-order valence-corrected chi connectivity index (χ1v) is 6.05. The van der Waals surface area contributed by atoms with Crippen molar-refractivity contribution in [2.24, 2.45) is 0 Å². The molecule has 2 rings (SSSR count). The molecular weight excluding hydrogens is 182 g/mol. The summed E-state index contributed by atoms with van der Waals surface area (Å²) in [4.78, 5) is 0. The molecular formula is C14H21N. The number of hydrogen-bond acceptors (Lipinski definition) is 1. The van der Waals surface area contributed by atoms with Crippen molar-refractivity contribution in [2.45, 2.75) is 45.1 Å². The van der Waals surface area contributed by atoms with Gasteiger partial charge in [0.1, 0.15) is 0 Å². The minimum Gasteiger partial charge on any atom is -0.314 e. The van der Waals surface area contributed by atoms with Crippen LogP contribution >= 0.6 is 0 Å². The fraction of sp³-hybridized carbons (Fsp3) is 0.571. The Morgan fingerprint density at radius 1 is 1.47 bits per heavy atom. The van der Waals surface area contributed by atoms with E-state index in [4.69, 9.17) is 0 Å². The van der Waals surface area contributed by atoms with E-state index in [0.717, 1.165) is 6.04 Å². The van der Waals surface area contributed by atoms with Gasteiger partial charge in [-0.2, -0.15) is 0 Å². The second-order valence-corrected chi connectivity index (χ2v) is 4.84. The van der Waals surface area contributed by atoms with Gasteiger partial charge < -0.3 is 5.32 Å². The van der Waals surface area contributed by atoms with Crippen LogP contribution in [0, 0.1) is 6.92 Å². The maximum atomic E-state index is 3.57. The Bertz CT molecular complexity index is 313. The predicted octanol–water partition coefficient (Wildman–Crippen LogP) is 3.24. The van der Waals surface area contributed by atoms with Gasteiger partial charge in [-0.1, -0.05) is 36.8 Å². The highest BCUT2D eigenvalue weighted by molar-refractivity contribution is 5.25. The van der Waals surface area contributed by atoms with Crippen LogP contribution < -0.4 is 5.32 Å². The number of rotatable bonds is 3. The third-order valence-electron chi connectivity index (χ3n) is 3.41. The van der Waals surface area contributed by atoms with E-state index < -0.39 is 0 Å². The molecule has 0 bridgehead atoms. The Hall–Kier alpha value is -0.820. The zero-order valence-electron chi connectivity index (χ0n) is 9.79. The third kappa shape index (κ3) is 2.82. The van der Waals surface area contributed by atoms with E-state index in [0.29, 0.717) is 5.92 Å². The van der Waals surface area contributed by atoms with Gasteiger partial charge in [-0.3, -0.25) is 0 Å². The van der Waals surface area contributed by atoms with Gasteiger partial charge in [-0.05, 0) is 44.2 Å². The smallest absolute Gasteiger partial charge is 0.00732 e. The van der Waals surface area contributed by atoms with Gasteiger partial charge in [0.25, 0.3) is 0 Å². The van der Waals surface area contributed by atoms with Gasteiger partial charge in [0.15, 0.2) is 0 Å². The van der Waals surface area contributed by atoms with Crippen LogP contribution in [0.4, 0.5) is 0 Å². The van der Waals surface area contributed by atoms with Gasteiger partial charge in [0, 0.05) is 6.04 Å². The molecule has 1 heterocycles. The maximum Gasteiger partial charge on any atom is 0.00732 e. The standard InChI is InChI=1S/C14H21N/c1-11-5-3-6-13(9-11)12(2)10-14-7-4-8-15-14/h3,5-6,9,12,14-15H,4,7-8,10H2,1-2H3. The van der Waals surface area contributed by atoms with Crippen LogP contribution in [0.1, 0.15) is 43.2 Å². The molecule has 1 aromatic rings. The van der Waals surface area contributed by atoms with E-state index >= 15 is 0 Å². The first kappa shape index (κ1) is 10.7. The summed E-state index contributed by atoms with van der Waals surface area (Å²) in [5.41, 5.74) is 2.86. The van der Waals surface area contributed by atoms with Crippen LogP contribution in [-0.2, 0) is 0 Å². The highest BCUT2D eigenvalue weighted by Gasteiger charge is 2.17. The van der Waals surface area contributed by atoms with Gasteiger partial charge in [0.2, 0.25) is 0 Å². The second kappa shape index (κ2) is 4.80. The minimum atomic E-state index is 0.681. The second-order valence-electron chi connectivity index (χ2n) is 4.84. The summed E-state index contributed by atoms with van der Waals surface area (Å²) < 4.78 is 0. The number of aryl methyl sites for hydroxylation is 1. The Morgan fingerprint density at radius 3 is 3.00 bits per heavy atom. The van der Waals surface area contributed by atoms with Crippen LogP contribution in [0.15, 0.2) is 24.3 Å². The Morgan fingerprint density at radius 2 is 2.33 bits per heavy atom. The summed E-state index contributed by atoms with van der Waals surface area (Å²) in [7, 11) is 0. The fourth-order valence-electron chi connectivity index (χ4n) is 2.50. The lowest BCUT2D eigenvalue weighted by Crippen LogP contribution is -2.23. The normalized spacial score (nSPS) is 22.9. The maximum absolute atomic E-state index is 3.57. The molecule has 0 aromatic heterocycles. The summed E-state index contributed by atoms with van der Waals surface area (Å²) in [6.45, 7) is 5.73. The lowest BCUT2D eigenvalue weighted by atomic mass is 9.92. The van der Waals surface area contributed by atoms with Gasteiger partial charge in [-0.25, -0.2) is 0 Å². The fourth-order valence-corrected chi connectivity index (χ4v) is 2.50. The average molecular weight is 203 g/mol. The highest BCUT2D eigenvalue weighted by Crippen LogP contribution is 2.24. The Balaban J connectivity index is 1.97. The highest BCUT2D eigenvalue weighted by atomic mass is 14.9. The SMILES string of the molecule is Cc1cccc(C(C)CC2CCCN2)c1. The molecule has 2 atom stereocenters. The lowest BCUT2D eigenvalue weighted by Gasteiger charge is -2.17. The molecule has 1 fully saturated rings. The van der Waals surface area contributed by atoms with E-state index in [1.165, 1.54) is 36.9 Å². The number of benzene rings is 1. The molecule has 1 aliphatic heterocycles. The zero-order valence-corrected chi connectivity index (χ0v) is 9.79. The van der Waals surface area contributed by atoms with Crippen LogP contribution in [-0.4, -0.2) is 12.6 Å². The first-order valence-electron chi connectivity index (χ1n) is 6.05. The monoisotopic (exact) mass is 203 g/mol. The third-order valence-corrected chi connectivity index (χ3v) is 3.41. The van der Waals surface area contributed by atoms with Crippen molar-refractivity contribution in [3.8, 4) is 0 Å². The molecule has 82 valence electrons. The van der Waals surface area contributed by atoms with Crippen LogP contribution in [0.2, 0.25) is 0 Å². The van der Waals surface area contributed by atoms with Gasteiger partial charge in [0.05, 0.1) is 0 Å². The number of nitrogens with one attached hydrogen (secondary N) is 1. The van der Waals surface area contributed by atoms with E-state index in [-0.39, 0.29) is 0 Å². The molecule has 1 saturated heterocycles. The first-order chi connectivity index (χ1) is 7.25. The molecule has 1 aliphatic rings. The molecule has 0 spiro atoms. The molecule has 1 heteroatoms. The van der Waals surface area contributed by atoms with Gasteiger partial charge in [-0.15, -0.1) is 0 Å². The molecule has 0 aliphatic carbocycles. The Labute approximate surface area is 92.9 Å². The van der Waals surface area contributed by atoms with Crippen molar-refractivity contribution >= 4 is 0 Å². The minimum absolute atomic E-state index is 0.681. The molecule has 0 amide bonds. The lowest BCUT2D eigenvalue weighted by molar-refractivity contribution is 0.510. The summed E-state index contributed by atoms with van der Waals surface area (Å²) in [5.74, 6) is 0.681. The van der Waals surface area contributed by atoms with Crippen molar-refractivity contribution < 1.29 is 0 Å². The molecule has 15 heavy (non-hydrogen) atoms. The molecule has 1 nitrogen and oxygen atoms in total. The van der Waals surface area contributed by atoms with Crippen molar-refractivity contribution in [3.63, 3.8) is 0 Å². The van der Waals surface area contributed by atoms with Crippen molar-refractivity contribution in [1.29, 1.82) is 0 Å². The molecule has 2 unspecified atom stereocenters. The summed E-state index contributed by atoms with van der Waals surface area (Å²) in [6, 6.07) is 9.67. The van der Waals surface area contributed by atoms with Crippen LogP contribution in [0.5, 0.6) is 0 Å². The molecule has 1 N–H and O–H groups in total. The Kier molecular flexibility index (Phi) is 3.42. The van der Waals surface area contributed by atoms with Crippen molar-refractivity contribution in [1.82, 2.24) is 5.32 Å². The predicted molar refractivity (Wildman–Crippen MR) is 65.2 cm³/mol. The van der Waals surface area contributed by atoms with Gasteiger partial charge >= 0.3 is 0 Å². The zero-order chi connectivity index (χ0) is 10.7. The van der Waals surface area contributed by atoms with Crippen LogP contribution in [0.3, 0.4) is 0 Å². The topological polar surface area (TPSA) is 12.0 Å².